The molecule has 2 aromatic carbocycles. The molecule has 0 unspecified atom stereocenters. The Bertz CT molecular complexity index is 892. The Labute approximate surface area is 144 Å². The molecule has 0 saturated heterocycles. The van der Waals surface area contributed by atoms with Crippen LogP contribution in [-0.4, -0.2) is 14.3 Å². The molecule has 0 radical (unpaired) electrons. The zero-order chi connectivity index (χ0) is 18.0. The van der Waals surface area contributed by atoms with Crippen LogP contribution in [0.2, 0.25) is 0 Å². The van der Waals surface area contributed by atoms with Crippen LogP contribution in [0.4, 0.5) is 14.5 Å². The molecule has 0 spiro atoms. The Hall–Kier alpha value is -2.32. The molecule has 8 heteroatoms. The number of carbonyl (C=O) groups excluding carboxylic acids is 1. The van der Waals surface area contributed by atoms with Crippen molar-refractivity contribution >= 4 is 21.6 Å². The summed E-state index contributed by atoms with van der Waals surface area (Å²) in [6, 6.07) is 8.82. The maximum Gasteiger partial charge on any atom is 0.241 e. The molecule has 0 aliphatic heterocycles. The zero-order valence-electron chi connectivity index (χ0n) is 13.1. The van der Waals surface area contributed by atoms with E-state index in [9.17, 15) is 22.0 Å². The van der Waals surface area contributed by atoms with Gasteiger partial charge < -0.3 is 5.32 Å². The summed E-state index contributed by atoms with van der Waals surface area (Å²) >= 11 is 0. The molecular formula is C17H16F2N2O3S. The van der Waals surface area contributed by atoms with E-state index in [1.54, 1.807) is 24.3 Å². The fourth-order valence-corrected chi connectivity index (χ4v) is 3.35. The SMILES string of the molecule is O=C(Nc1cccc(CNS(=O)(=O)c2cc(F)cc(F)c2)c1)C1CC1. The van der Waals surface area contributed by atoms with Gasteiger partial charge in [0.05, 0.1) is 4.90 Å². The van der Waals surface area contributed by atoms with Gasteiger partial charge in [-0.2, -0.15) is 0 Å². The van der Waals surface area contributed by atoms with Crippen molar-refractivity contribution in [3.63, 3.8) is 0 Å². The number of rotatable bonds is 6. The minimum absolute atomic E-state index is 0.0482. The van der Waals surface area contributed by atoms with E-state index in [1.807, 2.05) is 0 Å². The van der Waals surface area contributed by atoms with Crippen LogP contribution < -0.4 is 10.0 Å². The molecule has 132 valence electrons. The summed E-state index contributed by atoms with van der Waals surface area (Å²) in [5, 5.41) is 2.77. The standard InChI is InChI=1S/C17H16F2N2O3S/c18-13-7-14(19)9-16(8-13)25(23,24)20-10-11-2-1-3-15(6-11)21-17(22)12-4-5-12/h1-3,6-9,12,20H,4-5,10H2,(H,21,22). The lowest BCUT2D eigenvalue weighted by atomic mass is 10.2. The van der Waals surface area contributed by atoms with E-state index >= 15 is 0 Å². The van der Waals surface area contributed by atoms with Gasteiger partial charge in [-0.3, -0.25) is 4.79 Å². The third-order valence-corrected chi connectivity index (χ3v) is 5.14. The number of halogens is 2. The minimum Gasteiger partial charge on any atom is -0.326 e. The second kappa shape index (κ2) is 6.89. The molecule has 0 bridgehead atoms. The summed E-state index contributed by atoms with van der Waals surface area (Å²) in [6.45, 7) is -0.0758. The second-order valence-electron chi connectivity index (χ2n) is 5.89. The number of anilines is 1. The third kappa shape index (κ3) is 4.61. The lowest BCUT2D eigenvalue weighted by Crippen LogP contribution is -2.23. The smallest absolute Gasteiger partial charge is 0.241 e. The molecule has 0 atom stereocenters. The molecule has 1 fully saturated rings. The van der Waals surface area contributed by atoms with Crippen LogP contribution in [0.15, 0.2) is 47.4 Å². The van der Waals surface area contributed by atoms with Crippen molar-refractivity contribution in [3.8, 4) is 0 Å². The van der Waals surface area contributed by atoms with Gasteiger partial charge in [-0.25, -0.2) is 21.9 Å². The van der Waals surface area contributed by atoms with E-state index in [1.165, 1.54) is 0 Å². The molecule has 1 amide bonds. The second-order valence-corrected chi connectivity index (χ2v) is 7.66. The first-order valence-corrected chi connectivity index (χ1v) is 9.17. The van der Waals surface area contributed by atoms with Crippen LogP contribution in [0.5, 0.6) is 0 Å². The first-order valence-electron chi connectivity index (χ1n) is 7.69. The van der Waals surface area contributed by atoms with Gasteiger partial charge in [0.1, 0.15) is 11.6 Å². The molecule has 2 aromatic rings. The van der Waals surface area contributed by atoms with Gasteiger partial charge in [-0.15, -0.1) is 0 Å². The average Bonchev–Trinajstić information content (AvgIpc) is 3.37. The van der Waals surface area contributed by atoms with Crippen LogP contribution in [0.25, 0.3) is 0 Å². The average molecular weight is 366 g/mol. The fraction of sp³-hybridized carbons (Fsp3) is 0.235. The lowest BCUT2D eigenvalue weighted by Gasteiger charge is -2.09. The van der Waals surface area contributed by atoms with Gasteiger partial charge in [-0.05, 0) is 42.7 Å². The summed E-state index contributed by atoms with van der Waals surface area (Å²) in [6.07, 6.45) is 1.77. The summed E-state index contributed by atoms with van der Waals surface area (Å²) in [5.41, 5.74) is 1.18. The molecule has 3 rings (SSSR count). The highest BCUT2D eigenvalue weighted by Gasteiger charge is 2.29. The first-order chi connectivity index (χ1) is 11.8. The summed E-state index contributed by atoms with van der Waals surface area (Å²) < 4.78 is 53.0. The maximum atomic E-state index is 13.2. The van der Waals surface area contributed by atoms with Gasteiger partial charge in [0.2, 0.25) is 15.9 Å². The highest BCUT2D eigenvalue weighted by molar-refractivity contribution is 7.89. The van der Waals surface area contributed by atoms with Crippen molar-refractivity contribution in [1.29, 1.82) is 0 Å². The van der Waals surface area contributed by atoms with Gasteiger partial charge in [0.15, 0.2) is 0 Å². The molecule has 0 heterocycles. The predicted octanol–water partition coefficient (Wildman–Crippen LogP) is 2.79. The van der Waals surface area contributed by atoms with Crippen LogP contribution >= 0.6 is 0 Å². The molecule has 1 aliphatic rings. The molecule has 1 saturated carbocycles. The van der Waals surface area contributed by atoms with Crippen molar-refractivity contribution in [2.24, 2.45) is 5.92 Å². The van der Waals surface area contributed by atoms with Gasteiger partial charge in [0.25, 0.3) is 0 Å². The van der Waals surface area contributed by atoms with E-state index in [-0.39, 0.29) is 18.4 Å². The Kier molecular flexibility index (Phi) is 4.82. The Morgan fingerprint density at radius 1 is 1.08 bits per heavy atom. The van der Waals surface area contributed by atoms with Crippen molar-refractivity contribution in [3.05, 3.63) is 59.7 Å². The molecule has 0 aromatic heterocycles. The highest BCUT2D eigenvalue weighted by atomic mass is 32.2. The van der Waals surface area contributed by atoms with Crippen LogP contribution in [0.3, 0.4) is 0 Å². The normalized spacial score (nSPS) is 14.3. The summed E-state index contributed by atoms with van der Waals surface area (Å²) in [5.74, 6) is -1.92. The lowest BCUT2D eigenvalue weighted by molar-refractivity contribution is -0.117. The van der Waals surface area contributed by atoms with E-state index in [0.29, 0.717) is 17.3 Å². The summed E-state index contributed by atoms with van der Waals surface area (Å²) in [7, 11) is -4.06. The number of nitrogens with one attached hydrogen (secondary N) is 2. The van der Waals surface area contributed by atoms with Crippen molar-refractivity contribution < 1.29 is 22.0 Å². The van der Waals surface area contributed by atoms with E-state index in [2.05, 4.69) is 10.0 Å². The van der Waals surface area contributed by atoms with Crippen LogP contribution in [0.1, 0.15) is 18.4 Å². The molecule has 25 heavy (non-hydrogen) atoms. The Morgan fingerprint density at radius 2 is 1.76 bits per heavy atom. The van der Waals surface area contributed by atoms with Crippen molar-refractivity contribution in [2.45, 2.75) is 24.3 Å². The van der Waals surface area contributed by atoms with Crippen molar-refractivity contribution in [2.75, 3.05) is 5.32 Å². The largest absolute Gasteiger partial charge is 0.326 e. The Morgan fingerprint density at radius 3 is 2.40 bits per heavy atom. The van der Waals surface area contributed by atoms with Gasteiger partial charge >= 0.3 is 0 Å². The number of hydrogen-bond acceptors (Lipinski definition) is 3. The summed E-state index contributed by atoms with van der Waals surface area (Å²) in [4.78, 5) is 11.3. The topological polar surface area (TPSA) is 75.3 Å². The zero-order valence-corrected chi connectivity index (χ0v) is 13.9. The number of carbonyl (C=O) groups is 1. The first kappa shape index (κ1) is 17.5. The van der Waals surface area contributed by atoms with Crippen molar-refractivity contribution in [1.82, 2.24) is 4.72 Å². The molecular weight excluding hydrogens is 350 g/mol. The van der Waals surface area contributed by atoms with E-state index in [0.717, 1.165) is 25.0 Å². The quantitative estimate of drug-likeness (QED) is 0.826. The van der Waals surface area contributed by atoms with E-state index in [4.69, 9.17) is 0 Å². The molecule has 2 N–H and O–H groups in total. The maximum absolute atomic E-state index is 13.2. The predicted molar refractivity (Wildman–Crippen MR) is 88.2 cm³/mol. The van der Waals surface area contributed by atoms with Crippen LogP contribution in [-0.2, 0) is 21.4 Å². The molecule has 5 nitrogen and oxygen atoms in total. The highest BCUT2D eigenvalue weighted by Crippen LogP contribution is 2.30. The third-order valence-electron chi connectivity index (χ3n) is 3.76. The minimum atomic E-state index is -4.06. The number of sulfonamides is 1. The number of amides is 1. The molecule has 1 aliphatic carbocycles. The van der Waals surface area contributed by atoms with Gasteiger partial charge in [0, 0.05) is 24.2 Å². The van der Waals surface area contributed by atoms with E-state index < -0.39 is 26.6 Å². The Balaban J connectivity index is 1.68. The monoisotopic (exact) mass is 366 g/mol. The number of hydrogen-bond donors (Lipinski definition) is 2. The number of benzene rings is 2. The fourth-order valence-electron chi connectivity index (χ4n) is 2.29. The van der Waals surface area contributed by atoms with Crippen LogP contribution in [0, 0.1) is 17.6 Å². The van der Waals surface area contributed by atoms with Gasteiger partial charge in [-0.1, -0.05) is 12.1 Å².